The molecule has 3 N–H and O–H groups in total. The van der Waals surface area contributed by atoms with Crippen molar-refractivity contribution in [3.05, 3.63) is 47.5 Å². The summed E-state index contributed by atoms with van der Waals surface area (Å²) in [5.74, 6) is -1.16. The predicted molar refractivity (Wildman–Crippen MR) is 80.6 cm³/mol. The first-order chi connectivity index (χ1) is 11.0. The highest BCUT2D eigenvalue weighted by Crippen LogP contribution is 2.11. The number of benzene rings is 1. The first-order valence-electron chi connectivity index (χ1n) is 7.32. The molecule has 0 aliphatic carbocycles. The van der Waals surface area contributed by atoms with Crippen LogP contribution in [0.3, 0.4) is 0 Å². The number of amides is 2. The average Bonchev–Trinajstić information content (AvgIpc) is 3.02. The van der Waals surface area contributed by atoms with E-state index >= 15 is 0 Å². The van der Waals surface area contributed by atoms with Crippen LogP contribution in [0.15, 0.2) is 24.5 Å². The summed E-state index contributed by atoms with van der Waals surface area (Å²) >= 11 is 0. The zero-order valence-corrected chi connectivity index (χ0v) is 12.9. The van der Waals surface area contributed by atoms with E-state index in [1.54, 1.807) is 6.92 Å². The Bertz CT molecular complexity index is 647. The van der Waals surface area contributed by atoms with Gasteiger partial charge in [0.2, 0.25) is 0 Å². The number of halogens is 2. The summed E-state index contributed by atoms with van der Waals surface area (Å²) in [6, 6.07) is 3.08. The molecule has 2 aromatic rings. The molecule has 124 valence electrons. The van der Waals surface area contributed by atoms with E-state index < -0.39 is 11.6 Å². The lowest BCUT2D eigenvalue weighted by Gasteiger charge is -2.17. The number of carbonyl (C=O) groups excluding carboxylic acids is 1. The first-order valence-corrected chi connectivity index (χ1v) is 7.32. The van der Waals surface area contributed by atoms with E-state index in [9.17, 15) is 13.6 Å². The lowest BCUT2D eigenvalue weighted by Crippen LogP contribution is -2.42. The van der Waals surface area contributed by atoms with Crippen LogP contribution >= 0.6 is 0 Å². The molecule has 0 fully saturated rings. The Morgan fingerprint density at radius 1 is 1.26 bits per heavy atom. The van der Waals surface area contributed by atoms with Crippen LogP contribution in [0.2, 0.25) is 0 Å². The zero-order valence-electron chi connectivity index (χ0n) is 12.9. The van der Waals surface area contributed by atoms with Crippen molar-refractivity contribution >= 4 is 6.03 Å². The molecule has 1 aromatic heterocycles. The second-order valence-electron chi connectivity index (χ2n) is 5.40. The third-order valence-corrected chi connectivity index (χ3v) is 3.42. The smallest absolute Gasteiger partial charge is 0.315 e. The highest BCUT2D eigenvalue weighted by atomic mass is 19.2. The third-order valence-electron chi connectivity index (χ3n) is 3.42. The van der Waals surface area contributed by atoms with Crippen molar-refractivity contribution in [2.24, 2.45) is 0 Å². The molecule has 6 nitrogen and oxygen atoms in total. The van der Waals surface area contributed by atoms with Crippen molar-refractivity contribution in [2.45, 2.75) is 38.8 Å². The Morgan fingerprint density at radius 2 is 2.04 bits per heavy atom. The van der Waals surface area contributed by atoms with Gasteiger partial charge in [0, 0.05) is 6.04 Å². The number of aromatic amines is 1. The summed E-state index contributed by atoms with van der Waals surface area (Å²) in [6.45, 7) is 3.63. The molecule has 2 rings (SSSR count). The number of hydrogen-bond donors (Lipinski definition) is 3. The number of hydrogen-bond acceptors (Lipinski definition) is 3. The molecule has 0 aliphatic rings. The van der Waals surface area contributed by atoms with Crippen LogP contribution in [-0.2, 0) is 6.42 Å². The largest absolute Gasteiger partial charge is 0.336 e. The quantitative estimate of drug-likeness (QED) is 0.763. The maximum atomic E-state index is 13.1. The summed E-state index contributed by atoms with van der Waals surface area (Å²) in [6.07, 6.45) is 2.52. The maximum Gasteiger partial charge on any atom is 0.315 e. The number of aromatic nitrogens is 3. The molecule has 0 unspecified atom stereocenters. The number of aryl methyl sites for hydroxylation is 1. The number of carbonyl (C=O) groups is 1. The molecule has 23 heavy (non-hydrogen) atoms. The molecule has 1 aromatic carbocycles. The standard InChI is InChI=1S/C15H19F2N5O/c1-9(3-4-11-5-6-12(16)13(17)7-11)20-15(23)21-10(2)14-18-8-19-22-14/h5-10H,3-4H2,1-2H3,(H,18,19,22)(H2,20,21,23)/t9-,10+/m1/s1. The fourth-order valence-corrected chi connectivity index (χ4v) is 2.10. The van der Waals surface area contributed by atoms with Crippen LogP contribution in [0.1, 0.15) is 37.7 Å². The van der Waals surface area contributed by atoms with Gasteiger partial charge in [-0.15, -0.1) is 0 Å². The Labute approximate surface area is 132 Å². The van der Waals surface area contributed by atoms with Gasteiger partial charge in [0.25, 0.3) is 0 Å². The predicted octanol–water partition coefficient (Wildman–Crippen LogP) is 2.46. The van der Waals surface area contributed by atoms with E-state index in [2.05, 4.69) is 25.8 Å². The van der Waals surface area contributed by atoms with Gasteiger partial charge in [-0.1, -0.05) is 6.07 Å². The first kappa shape index (κ1) is 16.9. The minimum absolute atomic E-state index is 0.120. The molecule has 0 aliphatic heterocycles. The molecule has 2 amide bonds. The van der Waals surface area contributed by atoms with Crippen LogP contribution in [0.25, 0.3) is 0 Å². The maximum absolute atomic E-state index is 13.1. The van der Waals surface area contributed by atoms with Gasteiger partial charge in [0.05, 0.1) is 6.04 Å². The Balaban J connectivity index is 1.76. The molecular formula is C15H19F2N5O. The van der Waals surface area contributed by atoms with E-state index in [1.165, 1.54) is 18.5 Å². The molecule has 8 heteroatoms. The van der Waals surface area contributed by atoms with Gasteiger partial charge in [-0.05, 0) is 44.4 Å². The lowest BCUT2D eigenvalue weighted by atomic mass is 10.1. The summed E-state index contributed by atoms with van der Waals surface area (Å²) < 4.78 is 26.0. The summed E-state index contributed by atoms with van der Waals surface area (Å²) in [5, 5.41) is 11.9. The van der Waals surface area contributed by atoms with E-state index in [0.717, 1.165) is 6.07 Å². The van der Waals surface area contributed by atoms with Crippen molar-refractivity contribution in [1.29, 1.82) is 0 Å². The van der Waals surface area contributed by atoms with Crippen molar-refractivity contribution < 1.29 is 13.6 Å². The average molecular weight is 323 g/mol. The van der Waals surface area contributed by atoms with Crippen LogP contribution < -0.4 is 10.6 Å². The number of H-pyrrole nitrogens is 1. The van der Waals surface area contributed by atoms with E-state index in [-0.39, 0.29) is 18.1 Å². The Kier molecular flexibility index (Phi) is 5.61. The van der Waals surface area contributed by atoms with Gasteiger partial charge in [-0.2, -0.15) is 5.10 Å². The molecule has 0 saturated heterocycles. The fourth-order valence-electron chi connectivity index (χ4n) is 2.10. The van der Waals surface area contributed by atoms with Gasteiger partial charge in [0.1, 0.15) is 12.2 Å². The summed E-state index contributed by atoms with van der Waals surface area (Å²) in [4.78, 5) is 15.8. The lowest BCUT2D eigenvalue weighted by molar-refractivity contribution is 0.233. The molecule has 1 heterocycles. The second kappa shape index (κ2) is 7.66. The monoisotopic (exact) mass is 323 g/mol. The van der Waals surface area contributed by atoms with Gasteiger partial charge < -0.3 is 10.6 Å². The highest BCUT2D eigenvalue weighted by Gasteiger charge is 2.13. The van der Waals surface area contributed by atoms with Crippen molar-refractivity contribution in [2.75, 3.05) is 0 Å². The van der Waals surface area contributed by atoms with E-state index in [1.807, 2.05) is 6.92 Å². The highest BCUT2D eigenvalue weighted by molar-refractivity contribution is 5.74. The molecule has 2 atom stereocenters. The van der Waals surface area contributed by atoms with E-state index in [4.69, 9.17) is 0 Å². The SMILES string of the molecule is C[C@H](CCc1ccc(F)c(F)c1)NC(=O)N[C@@H](C)c1ncn[nH]1. The summed E-state index contributed by atoms with van der Waals surface area (Å²) in [7, 11) is 0. The second-order valence-corrected chi connectivity index (χ2v) is 5.40. The molecular weight excluding hydrogens is 304 g/mol. The van der Waals surface area contributed by atoms with Crippen LogP contribution in [0.5, 0.6) is 0 Å². The molecule has 0 bridgehead atoms. The van der Waals surface area contributed by atoms with Gasteiger partial charge in [-0.3, -0.25) is 5.10 Å². The third kappa shape index (κ3) is 5.01. The van der Waals surface area contributed by atoms with Crippen LogP contribution in [0.4, 0.5) is 13.6 Å². The zero-order chi connectivity index (χ0) is 16.8. The topological polar surface area (TPSA) is 82.7 Å². The van der Waals surface area contributed by atoms with Gasteiger partial charge >= 0.3 is 6.03 Å². The van der Waals surface area contributed by atoms with Gasteiger partial charge in [-0.25, -0.2) is 18.6 Å². The number of urea groups is 1. The molecule has 0 spiro atoms. The summed E-state index contributed by atoms with van der Waals surface area (Å²) in [5.41, 5.74) is 0.688. The van der Waals surface area contributed by atoms with Crippen LogP contribution in [-0.4, -0.2) is 27.3 Å². The van der Waals surface area contributed by atoms with E-state index in [0.29, 0.717) is 24.2 Å². The molecule has 0 saturated carbocycles. The minimum Gasteiger partial charge on any atom is -0.336 e. The number of nitrogens with one attached hydrogen (secondary N) is 3. The number of rotatable bonds is 6. The van der Waals surface area contributed by atoms with Crippen molar-refractivity contribution in [3.63, 3.8) is 0 Å². The normalized spacial score (nSPS) is 13.4. The molecule has 0 radical (unpaired) electrons. The Hall–Kier alpha value is -2.51. The number of nitrogens with zero attached hydrogens (tertiary/aromatic N) is 2. The van der Waals surface area contributed by atoms with Crippen molar-refractivity contribution in [1.82, 2.24) is 25.8 Å². The van der Waals surface area contributed by atoms with Crippen molar-refractivity contribution in [3.8, 4) is 0 Å². The van der Waals surface area contributed by atoms with Gasteiger partial charge in [0.15, 0.2) is 11.6 Å². The minimum atomic E-state index is -0.860. The Morgan fingerprint density at radius 3 is 2.70 bits per heavy atom. The van der Waals surface area contributed by atoms with Crippen LogP contribution in [0, 0.1) is 11.6 Å². The fraction of sp³-hybridized carbons (Fsp3) is 0.400.